The molecular weight excluding hydrogens is 330 g/mol. The van der Waals surface area contributed by atoms with Crippen molar-refractivity contribution >= 4 is 11.9 Å². The molecule has 1 aliphatic rings. The Hall–Kier alpha value is -2.63. The van der Waals surface area contributed by atoms with Gasteiger partial charge in [0.2, 0.25) is 0 Å². The highest BCUT2D eigenvalue weighted by Crippen LogP contribution is 2.21. The van der Waals surface area contributed by atoms with Crippen LogP contribution >= 0.6 is 0 Å². The Morgan fingerprint density at radius 3 is 2.77 bits per heavy atom. The first-order chi connectivity index (χ1) is 12.6. The van der Waals surface area contributed by atoms with E-state index in [-0.39, 0.29) is 17.8 Å². The number of rotatable bonds is 5. The maximum Gasteiger partial charge on any atom is 0.310 e. The summed E-state index contributed by atoms with van der Waals surface area (Å²) < 4.78 is 6.96. The van der Waals surface area contributed by atoms with Gasteiger partial charge in [-0.3, -0.25) is 14.3 Å². The van der Waals surface area contributed by atoms with E-state index in [0.29, 0.717) is 31.8 Å². The van der Waals surface area contributed by atoms with Gasteiger partial charge in [0.05, 0.1) is 30.8 Å². The van der Waals surface area contributed by atoms with E-state index in [4.69, 9.17) is 4.74 Å². The second-order valence-electron chi connectivity index (χ2n) is 6.63. The lowest BCUT2D eigenvalue weighted by atomic mass is 9.97. The Labute approximate surface area is 153 Å². The molecule has 1 aliphatic heterocycles. The van der Waals surface area contributed by atoms with Crippen molar-refractivity contribution in [3.8, 4) is 0 Å². The quantitative estimate of drug-likeness (QED) is 0.774. The van der Waals surface area contributed by atoms with E-state index in [1.807, 2.05) is 41.9 Å². The number of hydrogen-bond donors (Lipinski definition) is 0. The van der Waals surface area contributed by atoms with Crippen LogP contribution < -0.4 is 0 Å². The third-order valence-corrected chi connectivity index (χ3v) is 4.84. The fourth-order valence-corrected chi connectivity index (χ4v) is 3.36. The molecule has 138 valence electrons. The van der Waals surface area contributed by atoms with Gasteiger partial charge in [0.25, 0.3) is 5.91 Å². The molecule has 0 radical (unpaired) electrons. The summed E-state index contributed by atoms with van der Waals surface area (Å²) in [5.41, 5.74) is 2.58. The molecule has 2 aromatic rings. The molecule has 1 saturated heterocycles. The van der Waals surface area contributed by atoms with Gasteiger partial charge in [-0.1, -0.05) is 30.3 Å². The minimum atomic E-state index is -0.229. The zero-order valence-corrected chi connectivity index (χ0v) is 15.4. The Kier molecular flexibility index (Phi) is 5.71. The molecule has 1 aromatic carbocycles. The van der Waals surface area contributed by atoms with E-state index in [0.717, 1.165) is 24.1 Å². The van der Waals surface area contributed by atoms with Crippen molar-refractivity contribution in [3.63, 3.8) is 0 Å². The minimum absolute atomic E-state index is 0.0594. The predicted molar refractivity (Wildman–Crippen MR) is 97.8 cm³/mol. The number of benzene rings is 1. The molecule has 0 aliphatic carbocycles. The molecule has 2 heterocycles. The van der Waals surface area contributed by atoms with Crippen LogP contribution in [0.5, 0.6) is 0 Å². The van der Waals surface area contributed by atoms with Crippen LogP contribution in [0.2, 0.25) is 0 Å². The summed E-state index contributed by atoms with van der Waals surface area (Å²) >= 11 is 0. The lowest BCUT2D eigenvalue weighted by molar-refractivity contribution is -0.149. The van der Waals surface area contributed by atoms with Crippen LogP contribution in [0, 0.1) is 12.8 Å². The van der Waals surface area contributed by atoms with E-state index in [1.165, 1.54) is 0 Å². The number of carbonyl (C=O) groups excluding carboxylic acids is 2. The van der Waals surface area contributed by atoms with E-state index in [2.05, 4.69) is 5.10 Å². The molecule has 1 aromatic heterocycles. The molecule has 0 saturated carbocycles. The van der Waals surface area contributed by atoms with Gasteiger partial charge in [0, 0.05) is 18.8 Å². The first-order valence-electron chi connectivity index (χ1n) is 9.12. The van der Waals surface area contributed by atoms with Gasteiger partial charge in [-0.05, 0) is 32.3 Å². The molecule has 1 amide bonds. The Morgan fingerprint density at radius 1 is 1.27 bits per heavy atom. The standard InChI is InChI=1S/C20H25N3O3/c1-3-26-20(25)17-10-7-11-22(14-17)19(24)18-12-21-23(15(18)2)13-16-8-5-4-6-9-16/h4-6,8-9,12,17H,3,7,10-11,13-14H2,1-2H3. The summed E-state index contributed by atoms with van der Waals surface area (Å²) in [4.78, 5) is 26.7. The number of aromatic nitrogens is 2. The maximum absolute atomic E-state index is 12.9. The summed E-state index contributed by atoms with van der Waals surface area (Å²) in [5.74, 6) is -0.496. The highest BCUT2D eigenvalue weighted by Gasteiger charge is 2.31. The van der Waals surface area contributed by atoms with Crippen LogP contribution in [0.3, 0.4) is 0 Å². The first kappa shape index (κ1) is 18.2. The van der Waals surface area contributed by atoms with Crippen LogP contribution in [-0.2, 0) is 16.1 Å². The first-order valence-corrected chi connectivity index (χ1v) is 9.12. The van der Waals surface area contributed by atoms with Crippen molar-refractivity contribution in [1.29, 1.82) is 0 Å². The summed E-state index contributed by atoms with van der Waals surface area (Å²) in [6, 6.07) is 10.0. The number of ether oxygens (including phenoxy) is 1. The van der Waals surface area contributed by atoms with Crippen LogP contribution in [0.1, 0.15) is 41.4 Å². The molecule has 6 heteroatoms. The Morgan fingerprint density at radius 2 is 2.04 bits per heavy atom. The topological polar surface area (TPSA) is 64.4 Å². The summed E-state index contributed by atoms with van der Waals surface area (Å²) in [5, 5.41) is 4.39. The molecule has 6 nitrogen and oxygen atoms in total. The SMILES string of the molecule is CCOC(=O)C1CCCN(C(=O)c2cnn(Cc3ccccc3)c2C)C1. The van der Waals surface area contributed by atoms with Gasteiger partial charge in [0.1, 0.15) is 0 Å². The molecule has 0 N–H and O–H groups in total. The molecule has 1 atom stereocenters. The second kappa shape index (κ2) is 8.17. The maximum atomic E-state index is 12.9. The molecular formula is C20H25N3O3. The number of nitrogens with zero attached hydrogens (tertiary/aromatic N) is 3. The number of likely N-dealkylation sites (tertiary alicyclic amines) is 1. The zero-order chi connectivity index (χ0) is 18.5. The number of hydrogen-bond acceptors (Lipinski definition) is 4. The normalized spacial score (nSPS) is 17.2. The molecule has 0 bridgehead atoms. The van der Waals surface area contributed by atoms with Gasteiger partial charge < -0.3 is 9.64 Å². The number of piperidine rings is 1. The van der Waals surface area contributed by atoms with Crippen molar-refractivity contribution in [2.75, 3.05) is 19.7 Å². The van der Waals surface area contributed by atoms with Gasteiger partial charge in [-0.25, -0.2) is 0 Å². The molecule has 0 spiro atoms. The second-order valence-corrected chi connectivity index (χ2v) is 6.63. The number of esters is 1. The molecule has 1 fully saturated rings. The zero-order valence-electron chi connectivity index (χ0n) is 15.4. The average Bonchev–Trinajstić information content (AvgIpc) is 3.03. The van der Waals surface area contributed by atoms with Gasteiger partial charge in [0.15, 0.2) is 0 Å². The summed E-state index contributed by atoms with van der Waals surface area (Å²) in [6.45, 7) is 5.79. The monoisotopic (exact) mass is 355 g/mol. The highest BCUT2D eigenvalue weighted by molar-refractivity contribution is 5.95. The van der Waals surface area contributed by atoms with E-state index in [1.54, 1.807) is 18.0 Å². The molecule has 3 rings (SSSR count). The lowest BCUT2D eigenvalue weighted by Gasteiger charge is -2.31. The molecule has 1 unspecified atom stereocenters. The van der Waals surface area contributed by atoms with E-state index >= 15 is 0 Å². The fourth-order valence-electron chi connectivity index (χ4n) is 3.36. The Balaban J connectivity index is 1.71. The summed E-state index contributed by atoms with van der Waals surface area (Å²) in [7, 11) is 0. The number of amides is 1. The largest absolute Gasteiger partial charge is 0.466 e. The summed E-state index contributed by atoms with van der Waals surface area (Å²) in [6.07, 6.45) is 3.22. The number of carbonyl (C=O) groups is 2. The van der Waals surface area contributed by atoms with Crippen molar-refractivity contribution in [2.45, 2.75) is 33.2 Å². The van der Waals surface area contributed by atoms with Gasteiger partial charge in [-0.2, -0.15) is 5.10 Å². The van der Waals surface area contributed by atoms with Gasteiger partial charge in [-0.15, -0.1) is 0 Å². The lowest BCUT2D eigenvalue weighted by Crippen LogP contribution is -2.43. The molecule has 26 heavy (non-hydrogen) atoms. The van der Waals surface area contributed by atoms with Crippen molar-refractivity contribution in [3.05, 3.63) is 53.3 Å². The fraction of sp³-hybridized carbons (Fsp3) is 0.450. The minimum Gasteiger partial charge on any atom is -0.466 e. The van der Waals surface area contributed by atoms with Gasteiger partial charge >= 0.3 is 5.97 Å². The van der Waals surface area contributed by atoms with Crippen molar-refractivity contribution in [1.82, 2.24) is 14.7 Å². The smallest absolute Gasteiger partial charge is 0.310 e. The van der Waals surface area contributed by atoms with Crippen LogP contribution in [0.25, 0.3) is 0 Å². The van der Waals surface area contributed by atoms with Crippen LogP contribution in [0.15, 0.2) is 36.5 Å². The third-order valence-electron chi connectivity index (χ3n) is 4.84. The van der Waals surface area contributed by atoms with Crippen LogP contribution in [0.4, 0.5) is 0 Å². The van der Waals surface area contributed by atoms with Crippen LogP contribution in [-0.4, -0.2) is 46.3 Å². The average molecular weight is 355 g/mol. The third kappa shape index (κ3) is 3.95. The Bertz CT molecular complexity index is 770. The van der Waals surface area contributed by atoms with Crippen molar-refractivity contribution < 1.29 is 14.3 Å². The predicted octanol–water partition coefficient (Wildman–Crippen LogP) is 2.66. The van der Waals surface area contributed by atoms with Crippen molar-refractivity contribution in [2.24, 2.45) is 5.92 Å². The highest BCUT2D eigenvalue weighted by atomic mass is 16.5. The van der Waals surface area contributed by atoms with E-state index in [9.17, 15) is 9.59 Å². The van der Waals surface area contributed by atoms with E-state index < -0.39 is 0 Å².